The summed E-state index contributed by atoms with van der Waals surface area (Å²) in [5, 5.41) is 0.527. The molecule has 0 bridgehead atoms. The predicted molar refractivity (Wildman–Crippen MR) is 127 cm³/mol. The largest absolute Gasteiger partial charge is 0.480 e. The van der Waals surface area contributed by atoms with Crippen LogP contribution in [0.5, 0.6) is 5.88 Å². The van der Waals surface area contributed by atoms with E-state index in [1.165, 1.54) is 18.9 Å². The van der Waals surface area contributed by atoms with Crippen LogP contribution in [0.1, 0.15) is 40.5 Å². The summed E-state index contributed by atoms with van der Waals surface area (Å²) < 4.78 is 25.4. The molecule has 0 saturated carbocycles. The number of halogens is 2. The van der Waals surface area contributed by atoms with Crippen LogP contribution in [0.15, 0.2) is 5.16 Å². The molecule has 3 rings (SSSR count). The van der Waals surface area contributed by atoms with Gasteiger partial charge in [0.15, 0.2) is 16.1 Å². The fourth-order valence-corrected chi connectivity index (χ4v) is 3.87. The van der Waals surface area contributed by atoms with Crippen LogP contribution in [-0.2, 0) is 4.74 Å². The van der Waals surface area contributed by atoms with Gasteiger partial charge < -0.3 is 19.3 Å². The molecule has 0 radical (unpaired) electrons. The molecule has 32 heavy (non-hydrogen) atoms. The van der Waals surface area contributed by atoms with Crippen molar-refractivity contribution in [3.63, 3.8) is 0 Å². The Labute approximate surface area is 197 Å². The van der Waals surface area contributed by atoms with Gasteiger partial charge in [0.25, 0.3) is 0 Å². The van der Waals surface area contributed by atoms with Crippen molar-refractivity contribution in [1.29, 1.82) is 0 Å². The second-order valence-electron chi connectivity index (χ2n) is 6.65. The van der Waals surface area contributed by atoms with Crippen LogP contribution >= 0.6 is 23.4 Å². The average molecular weight is 488 g/mol. The van der Waals surface area contributed by atoms with E-state index in [-0.39, 0.29) is 22.6 Å². The van der Waals surface area contributed by atoms with E-state index in [2.05, 4.69) is 15.0 Å². The molecule has 8 nitrogen and oxygen atoms in total. The third-order valence-electron chi connectivity index (χ3n) is 4.70. The first-order valence-electron chi connectivity index (χ1n) is 10.9. The Bertz CT molecular complexity index is 913. The second kappa shape index (κ2) is 12.8. The number of nitrogens with zero attached hydrogens (tertiary/aromatic N) is 5. The standard InChI is InChI=1S/C19H25ClFN5O3S.C2H6/c1-4-6-11-29-19(27)26-9-7-25(8-10-26)16-12-14(22-18(24-16)30-5-2)13(21)15(20)23-17(12)28-3;1-2/h4-11H2,1-3H3;1-2H3. The van der Waals surface area contributed by atoms with Gasteiger partial charge in [-0.25, -0.2) is 19.2 Å². The Balaban J connectivity index is 0.00000176. The van der Waals surface area contributed by atoms with Crippen molar-refractivity contribution < 1.29 is 18.7 Å². The second-order valence-corrected chi connectivity index (χ2v) is 8.24. The summed E-state index contributed by atoms with van der Waals surface area (Å²) in [4.78, 5) is 28.8. The monoisotopic (exact) mass is 487 g/mol. The van der Waals surface area contributed by atoms with Crippen LogP contribution in [0.2, 0.25) is 5.15 Å². The molecule has 0 unspecified atom stereocenters. The van der Waals surface area contributed by atoms with Crippen LogP contribution in [0.4, 0.5) is 15.0 Å². The van der Waals surface area contributed by atoms with Gasteiger partial charge in [0.1, 0.15) is 16.7 Å². The Hall–Kier alpha value is -2.07. The van der Waals surface area contributed by atoms with Gasteiger partial charge in [0, 0.05) is 26.2 Å². The summed E-state index contributed by atoms with van der Waals surface area (Å²) in [6.45, 7) is 10.4. The van der Waals surface area contributed by atoms with Crippen molar-refractivity contribution in [2.75, 3.05) is 50.5 Å². The number of methoxy groups -OCH3 is 1. The first kappa shape index (κ1) is 26.2. The fourth-order valence-electron chi connectivity index (χ4n) is 3.14. The van der Waals surface area contributed by atoms with Gasteiger partial charge in [-0.2, -0.15) is 4.98 Å². The third kappa shape index (κ3) is 6.04. The minimum absolute atomic E-state index is 0.0780. The zero-order chi connectivity index (χ0) is 23.7. The quantitative estimate of drug-likeness (QED) is 0.233. The lowest BCUT2D eigenvalue weighted by Crippen LogP contribution is -2.49. The number of piperazine rings is 1. The predicted octanol–water partition coefficient (Wildman–Crippen LogP) is 5.02. The molecule has 1 saturated heterocycles. The number of unbranched alkanes of at least 4 members (excludes halogenated alkanes) is 1. The van der Waals surface area contributed by atoms with E-state index in [0.29, 0.717) is 49.1 Å². The molecule has 1 fully saturated rings. The highest BCUT2D eigenvalue weighted by atomic mass is 35.5. The van der Waals surface area contributed by atoms with E-state index >= 15 is 0 Å². The molecule has 0 N–H and O–H groups in total. The number of hydrogen-bond donors (Lipinski definition) is 0. The van der Waals surface area contributed by atoms with Gasteiger partial charge in [-0.15, -0.1) is 0 Å². The van der Waals surface area contributed by atoms with Gasteiger partial charge >= 0.3 is 6.09 Å². The average Bonchev–Trinajstić information content (AvgIpc) is 2.82. The van der Waals surface area contributed by atoms with Crippen LogP contribution < -0.4 is 9.64 Å². The topological polar surface area (TPSA) is 80.7 Å². The summed E-state index contributed by atoms with van der Waals surface area (Å²) in [6.07, 6.45) is 1.50. The number of rotatable bonds is 7. The Morgan fingerprint density at radius 3 is 2.44 bits per heavy atom. The first-order valence-corrected chi connectivity index (χ1v) is 12.3. The highest BCUT2D eigenvalue weighted by Gasteiger charge is 2.28. The van der Waals surface area contributed by atoms with Gasteiger partial charge in [-0.1, -0.05) is 57.5 Å². The van der Waals surface area contributed by atoms with Crippen molar-refractivity contribution in [3.8, 4) is 5.88 Å². The molecule has 2 aromatic rings. The SMILES string of the molecule is CC.CCCCOC(=O)N1CCN(c2nc(SCC)nc3c(F)c(Cl)nc(OC)c23)CC1. The molecule has 2 aromatic heterocycles. The number of hydrogen-bond acceptors (Lipinski definition) is 8. The van der Waals surface area contributed by atoms with Crippen molar-refractivity contribution in [2.45, 2.75) is 45.7 Å². The number of amides is 1. The number of ether oxygens (including phenoxy) is 2. The molecule has 1 aliphatic heterocycles. The summed E-state index contributed by atoms with van der Waals surface area (Å²) >= 11 is 7.35. The van der Waals surface area contributed by atoms with E-state index in [0.717, 1.165) is 18.6 Å². The molecule has 0 atom stereocenters. The maximum absolute atomic E-state index is 14.8. The molecule has 3 heterocycles. The van der Waals surface area contributed by atoms with Crippen molar-refractivity contribution in [3.05, 3.63) is 11.0 Å². The lowest BCUT2D eigenvalue weighted by atomic mass is 10.2. The van der Waals surface area contributed by atoms with E-state index in [4.69, 9.17) is 21.1 Å². The van der Waals surface area contributed by atoms with Crippen LogP contribution in [0.3, 0.4) is 0 Å². The minimum Gasteiger partial charge on any atom is -0.480 e. The van der Waals surface area contributed by atoms with Crippen molar-refractivity contribution >= 4 is 46.2 Å². The maximum atomic E-state index is 14.8. The number of anilines is 1. The van der Waals surface area contributed by atoms with Crippen molar-refractivity contribution in [2.24, 2.45) is 0 Å². The smallest absolute Gasteiger partial charge is 0.409 e. The first-order chi connectivity index (χ1) is 15.5. The molecule has 1 amide bonds. The lowest BCUT2D eigenvalue weighted by molar-refractivity contribution is 0.0989. The van der Waals surface area contributed by atoms with E-state index < -0.39 is 5.82 Å². The van der Waals surface area contributed by atoms with Gasteiger partial charge in [-0.05, 0) is 12.2 Å². The number of carbonyl (C=O) groups is 1. The molecule has 11 heteroatoms. The zero-order valence-corrected chi connectivity index (χ0v) is 20.9. The summed E-state index contributed by atoms with van der Waals surface area (Å²) in [5.41, 5.74) is 0.0780. The molecule has 0 aliphatic carbocycles. The van der Waals surface area contributed by atoms with Crippen LogP contribution in [0, 0.1) is 5.82 Å². The maximum Gasteiger partial charge on any atom is 0.409 e. The molecular formula is C21H31ClFN5O3S. The normalized spacial score (nSPS) is 13.6. The number of carbonyl (C=O) groups excluding carboxylic acids is 1. The van der Waals surface area contributed by atoms with Crippen LogP contribution in [-0.4, -0.2) is 71.6 Å². The van der Waals surface area contributed by atoms with E-state index in [1.807, 2.05) is 32.6 Å². The molecule has 1 aliphatic rings. The zero-order valence-electron chi connectivity index (χ0n) is 19.3. The highest BCUT2D eigenvalue weighted by molar-refractivity contribution is 7.99. The summed E-state index contributed by atoms with van der Waals surface area (Å²) in [5.74, 6) is 0.725. The number of aromatic nitrogens is 3. The molecule has 0 aromatic carbocycles. The minimum atomic E-state index is -0.702. The third-order valence-corrected chi connectivity index (χ3v) is 5.68. The van der Waals surface area contributed by atoms with Gasteiger partial charge in [0.05, 0.1) is 13.7 Å². The van der Waals surface area contributed by atoms with Crippen molar-refractivity contribution in [1.82, 2.24) is 19.9 Å². The Kier molecular flexibility index (Phi) is 10.5. The van der Waals surface area contributed by atoms with Crippen LogP contribution in [0.25, 0.3) is 10.9 Å². The fraction of sp³-hybridized carbons (Fsp3) is 0.619. The van der Waals surface area contributed by atoms with E-state index in [1.54, 1.807) is 4.90 Å². The molecule has 0 spiro atoms. The number of fused-ring (bicyclic) bond motifs is 1. The molecule has 178 valence electrons. The van der Waals surface area contributed by atoms with Gasteiger partial charge in [0.2, 0.25) is 5.88 Å². The lowest BCUT2D eigenvalue weighted by Gasteiger charge is -2.35. The summed E-state index contributed by atoms with van der Waals surface area (Å²) in [7, 11) is 1.44. The molecular weight excluding hydrogens is 457 g/mol. The number of thioether (sulfide) groups is 1. The highest BCUT2D eigenvalue weighted by Crippen LogP contribution is 2.36. The van der Waals surface area contributed by atoms with E-state index in [9.17, 15) is 9.18 Å². The Morgan fingerprint density at radius 2 is 1.84 bits per heavy atom. The number of pyridine rings is 1. The summed E-state index contributed by atoms with van der Waals surface area (Å²) in [6, 6.07) is 0. The van der Waals surface area contributed by atoms with Gasteiger partial charge in [-0.3, -0.25) is 0 Å². The Morgan fingerprint density at radius 1 is 1.16 bits per heavy atom.